The van der Waals surface area contributed by atoms with Gasteiger partial charge in [0.15, 0.2) is 0 Å². The van der Waals surface area contributed by atoms with Gasteiger partial charge in [-0.1, -0.05) is 25.1 Å². The lowest BCUT2D eigenvalue weighted by Crippen LogP contribution is -2.43. The molecule has 0 saturated carbocycles. The molecule has 0 unspecified atom stereocenters. The summed E-state index contributed by atoms with van der Waals surface area (Å²) in [4.78, 5) is 48.3. The summed E-state index contributed by atoms with van der Waals surface area (Å²) in [6.07, 6.45) is 4.00. The van der Waals surface area contributed by atoms with Crippen LogP contribution in [0.5, 0.6) is 11.5 Å². The maximum Gasteiger partial charge on any atom is 0.258 e. The summed E-state index contributed by atoms with van der Waals surface area (Å²) in [5, 5.41) is 5.52. The van der Waals surface area contributed by atoms with Gasteiger partial charge in [0.05, 0.1) is 11.5 Å². The Hall–Kier alpha value is -4.14. The first-order valence-electron chi connectivity index (χ1n) is 12.4. The number of H-pyrrole nitrogens is 1. The van der Waals surface area contributed by atoms with Crippen molar-refractivity contribution in [2.75, 3.05) is 22.1 Å². The summed E-state index contributed by atoms with van der Waals surface area (Å²) in [5.41, 5.74) is 0.320. The number of carbonyl (C=O) groups excluding carboxylic acids is 2. The number of ether oxygens (including phenoxy) is 1. The minimum atomic E-state index is -0.942. The molecule has 2 aliphatic heterocycles. The van der Waals surface area contributed by atoms with Crippen molar-refractivity contribution in [1.29, 1.82) is 0 Å². The maximum atomic E-state index is 13.2. The number of carbonyl (C=O) groups is 2. The van der Waals surface area contributed by atoms with Gasteiger partial charge in [0, 0.05) is 24.7 Å². The third-order valence-corrected chi connectivity index (χ3v) is 6.73. The van der Waals surface area contributed by atoms with E-state index < -0.39 is 17.4 Å². The molecule has 186 valence electrons. The van der Waals surface area contributed by atoms with Gasteiger partial charge in [-0.2, -0.15) is 4.98 Å². The second kappa shape index (κ2) is 10.2. The second-order valence-corrected chi connectivity index (χ2v) is 9.14. The number of fused-ring (bicyclic) bond motifs is 1. The van der Waals surface area contributed by atoms with Gasteiger partial charge in [0.2, 0.25) is 17.8 Å². The first kappa shape index (κ1) is 23.6. The zero-order valence-corrected chi connectivity index (χ0v) is 20.1. The van der Waals surface area contributed by atoms with Crippen LogP contribution in [0.3, 0.4) is 0 Å². The number of hydrogen-bond acceptors (Lipinski definition) is 6. The van der Waals surface area contributed by atoms with Gasteiger partial charge in [-0.15, -0.1) is 0 Å². The molecule has 5 rings (SSSR count). The van der Waals surface area contributed by atoms with E-state index in [1.54, 1.807) is 24.3 Å². The largest absolute Gasteiger partial charge is 0.457 e. The van der Waals surface area contributed by atoms with Crippen LogP contribution in [-0.4, -0.2) is 34.4 Å². The van der Waals surface area contributed by atoms with Gasteiger partial charge in [-0.05, 0) is 62.1 Å². The number of para-hydroxylation sites is 1. The highest BCUT2D eigenvalue weighted by Gasteiger charge is 2.35. The Balaban J connectivity index is 1.35. The number of piperidine rings is 1. The van der Waals surface area contributed by atoms with E-state index in [2.05, 4.69) is 32.4 Å². The van der Waals surface area contributed by atoms with Crippen molar-refractivity contribution in [3.05, 3.63) is 70.5 Å². The Labute approximate surface area is 208 Å². The van der Waals surface area contributed by atoms with Gasteiger partial charge >= 0.3 is 0 Å². The molecule has 0 bridgehead atoms. The molecule has 0 aliphatic carbocycles. The molecule has 3 aromatic rings. The van der Waals surface area contributed by atoms with Crippen molar-refractivity contribution in [3.8, 4) is 11.5 Å². The second-order valence-electron chi connectivity index (χ2n) is 9.14. The van der Waals surface area contributed by atoms with Crippen molar-refractivity contribution in [2.24, 2.45) is 0 Å². The van der Waals surface area contributed by atoms with Gasteiger partial charge in [0.25, 0.3) is 5.56 Å². The lowest BCUT2D eigenvalue weighted by atomic mass is 9.92. The number of amides is 2. The fourth-order valence-electron chi connectivity index (χ4n) is 4.88. The van der Waals surface area contributed by atoms with E-state index >= 15 is 0 Å². The Morgan fingerprint density at radius 3 is 2.58 bits per heavy atom. The number of anilines is 3. The third kappa shape index (κ3) is 4.95. The molecule has 1 saturated heterocycles. The van der Waals surface area contributed by atoms with Crippen LogP contribution < -0.4 is 25.8 Å². The monoisotopic (exact) mass is 487 g/mol. The highest BCUT2D eigenvalue weighted by Crippen LogP contribution is 2.32. The number of aromatic amines is 1. The minimum Gasteiger partial charge on any atom is -0.457 e. The van der Waals surface area contributed by atoms with Gasteiger partial charge in [-0.3, -0.25) is 19.4 Å². The molecular weight excluding hydrogens is 458 g/mol. The number of nitrogens with zero attached hydrogens (tertiary/aromatic N) is 2. The highest BCUT2D eigenvalue weighted by atomic mass is 16.5. The van der Waals surface area contributed by atoms with Gasteiger partial charge in [0.1, 0.15) is 17.3 Å². The summed E-state index contributed by atoms with van der Waals surface area (Å²) in [5.74, 6) is 0.217. The Bertz CT molecular complexity index is 1310. The minimum absolute atomic E-state index is 0.126. The predicted octanol–water partition coefficient (Wildman–Crippen LogP) is 4.40. The highest BCUT2D eigenvalue weighted by molar-refractivity contribution is 6.04. The van der Waals surface area contributed by atoms with Crippen molar-refractivity contribution < 1.29 is 14.3 Å². The SMILES string of the molecule is CC[C@H]1CCCCN1c1nc2c(c(=O)[nH]1)[C@@H](C(=O)Nc1ccc(Oc3ccccc3)cc1)CC(=O)N2. The molecule has 36 heavy (non-hydrogen) atoms. The van der Waals surface area contributed by atoms with Crippen LogP contribution in [0.2, 0.25) is 0 Å². The topological polar surface area (TPSA) is 116 Å². The van der Waals surface area contributed by atoms with Crippen molar-refractivity contribution >= 4 is 29.3 Å². The van der Waals surface area contributed by atoms with Crippen LogP contribution in [-0.2, 0) is 9.59 Å². The van der Waals surface area contributed by atoms with E-state index in [9.17, 15) is 14.4 Å². The third-order valence-electron chi connectivity index (χ3n) is 6.73. The average Bonchev–Trinajstić information content (AvgIpc) is 2.89. The molecule has 0 spiro atoms. The Morgan fingerprint density at radius 1 is 1.08 bits per heavy atom. The Kier molecular flexibility index (Phi) is 6.71. The van der Waals surface area contributed by atoms with Crippen LogP contribution in [0.4, 0.5) is 17.5 Å². The molecule has 2 aromatic carbocycles. The number of nitrogens with one attached hydrogen (secondary N) is 3. The van der Waals surface area contributed by atoms with Crippen molar-refractivity contribution in [2.45, 2.75) is 51.0 Å². The molecule has 0 radical (unpaired) electrons. The normalized spacial score (nSPS) is 19.2. The van der Waals surface area contributed by atoms with E-state index in [0.29, 0.717) is 23.1 Å². The van der Waals surface area contributed by atoms with E-state index in [0.717, 1.165) is 32.2 Å². The van der Waals surface area contributed by atoms with E-state index in [4.69, 9.17) is 4.74 Å². The van der Waals surface area contributed by atoms with E-state index in [1.165, 1.54) is 0 Å². The number of hydrogen-bond donors (Lipinski definition) is 3. The summed E-state index contributed by atoms with van der Waals surface area (Å²) in [6.45, 7) is 2.91. The van der Waals surface area contributed by atoms with Crippen LogP contribution >= 0.6 is 0 Å². The van der Waals surface area contributed by atoms with E-state index in [-0.39, 0.29) is 29.8 Å². The Morgan fingerprint density at radius 2 is 1.83 bits per heavy atom. The summed E-state index contributed by atoms with van der Waals surface area (Å²) in [6, 6.07) is 16.6. The van der Waals surface area contributed by atoms with Crippen molar-refractivity contribution in [1.82, 2.24) is 9.97 Å². The zero-order valence-electron chi connectivity index (χ0n) is 20.1. The lowest BCUT2D eigenvalue weighted by molar-refractivity contribution is -0.123. The van der Waals surface area contributed by atoms with Crippen molar-refractivity contribution in [3.63, 3.8) is 0 Å². The van der Waals surface area contributed by atoms with Crippen LogP contribution in [0, 0.1) is 0 Å². The quantitative estimate of drug-likeness (QED) is 0.475. The molecule has 2 aliphatic rings. The maximum absolute atomic E-state index is 13.2. The molecule has 3 N–H and O–H groups in total. The van der Waals surface area contributed by atoms with Gasteiger partial charge in [-0.25, -0.2) is 0 Å². The number of benzene rings is 2. The van der Waals surface area contributed by atoms with Crippen LogP contribution in [0.1, 0.15) is 50.5 Å². The summed E-state index contributed by atoms with van der Waals surface area (Å²) < 4.78 is 5.78. The zero-order chi connectivity index (χ0) is 25.1. The fourth-order valence-corrected chi connectivity index (χ4v) is 4.88. The van der Waals surface area contributed by atoms with Crippen LogP contribution in [0.25, 0.3) is 0 Å². The summed E-state index contributed by atoms with van der Waals surface area (Å²) in [7, 11) is 0. The average molecular weight is 488 g/mol. The molecule has 2 amide bonds. The standard InChI is InChI=1S/C27H29N5O4/c1-2-18-8-6-7-15-32(18)27-30-24-23(26(35)31-27)21(16-22(33)29-24)25(34)28-17-11-13-20(14-12-17)36-19-9-4-3-5-10-19/h3-5,9-14,18,21H,2,6-8,15-16H2,1H3,(H,28,34)(H2,29,30,31,33,35)/t18-,21-/m0/s1. The first-order valence-corrected chi connectivity index (χ1v) is 12.4. The lowest BCUT2D eigenvalue weighted by Gasteiger charge is -2.36. The van der Waals surface area contributed by atoms with Gasteiger partial charge < -0.3 is 20.3 Å². The fraction of sp³-hybridized carbons (Fsp3) is 0.333. The molecule has 9 heteroatoms. The molecular formula is C27H29N5O4. The molecule has 1 aromatic heterocycles. The van der Waals surface area contributed by atoms with Crippen LogP contribution in [0.15, 0.2) is 59.4 Å². The summed E-state index contributed by atoms with van der Waals surface area (Å²) >= 11 is 0. The van der Waals surface area contributed by atoms with E-state index in [1.807, 2.05) is 30.3 Å². The molecule has 1 fully saturated rings. The smallest absolute Gasteiger partial charge is 0.258 e. The number of rotatable bonds is 6. The predicted molar refractivity (Wildman–Crippen MR) is 138 cm³/mol. The molecule has 3 heterocycles. The molecule has 2 atom stereocenters. The number of aromatic nitrogens is 2. The molecule has 9 nitrogen and oxygen atoms in total. The first-order chi connectivity index (χ1) is 17.5.